The molecule has 1 N–H and O–H groups in total. The quantitative estimate of drug-likeness (QED) is 0.819. The minimum atomic E-state index is -0.270. The molecule has 0 radical (unpaired) electrons. The number of nitrogens with zero attached hydrogens (tertiary/aromatic N) is 2. The van der Waals surface area contributed by atoms with Gasteiger partial charge in [-0.15, -0.1) is 0 Å². The molecule has 0 unspecified atom stereocenters. The van der Waals surface area contributed by atoms with E-state index >= 15 is 0 Å². The molecule has 0 aromatic carbocycles. The monoisotopic (exact) mass is 359 g/mol. The molecule has 26 heavy (non-hydrogen) atoms. The minimum absolute atomic E-state index is 0.00252. The van der Waals surface area contributed by atoms with Crippen molar-refractivity contribution >= 4 is 5.91 Å². The summed E-state index contributed by atoms with van der Waals surface area (Å²) in [6, 6.07) is 2.81. The van der Waals surface area contributed by atoms with Gasteiger partial charge in [0, 0.05) is 19.7 Å². The second-order valence-electron chi connectivity index (χ2n) is 9.60. The van der Waals surface area contributed by atoms with Crippen molar-refractivity contribution in [2.45, 2.75) is 58.0 Å². The van der Waals surface area contributed by atoms with Gasteiger partial charge in [-0.2, -0.15) is 5.10 Å². The highest BCUT2D eigenvalue weighted by Crippen LogP contribution is 2.67. The van der Waals surface area contributed by atoms with Crippen molar-refractivity contribution in [1.82, 2.24) is 15.1 Å². The molecule has 4 fully saturated rings. The van der Waals surface area contributed by atoms with Crippen LogP contribution in [0.15, 0.2) is 16.9 Å². The van der Waals surface area contributed by atoms with E-state index in [-0.39, 0.29) is 22.8 Å². The Morgan fingerprint density at radius 1 is 1.23 bits per heavy atom. The molecule has 4 aliphatic carbocycles. The van der Waals surface area contributed by atoms with E-state index in [0.717, 1.165) is 18.8 Å². The molecule has 4 aliphatic rings. The largest absolute Gasteiger partial charge is 0.373 e. The average Bonchev–Trinajstić information content (AvgIpc) is 2.50. The van der Waals surface area contributed by atoms with Crippen LogP contribution in [0.5, 0.6) is 0 Å². The van der Waals surface area contributed by atoms with Crippen LogP contribution in [0.4, 0.5) is 0 Å². The maximum absolute atomic E-state index is 12.2. The van der Waals surface area contributed by atoms with Gasteiger partial charge in [-0.1, -0.05) is 13.8 Å². The van der Waals surface area contributed by atoms with Gasteiger partial charge in [0.1, 0.15) is 5.69 Å². The van der Waals surface area contributed by atoms with E-state index in [4.69, 9.17) is 4.74 Å². The molecule has 6 nitrogen and oxygen atoms in total. The standard InChI is InChI=1S/C20H29N3O3/c1-18-8-14-9-19(2,11-18)13-20(10-14,12-18)26-7-6-21-17(25)15-4-5-16(24)23(3)22-15/h4-5,14H,6-13H2,1-3H3,(H,21,25)/t14?,18-,19-,20?/m0/s1. The van der Waals surface area contributed by atoms with Gasteiger partial charge in [0.15, 0.2) is 0 Å². The molecule has 4 saturated carbocycles. The van der Waals surface area contributed by atoms with Crippen molar-refractivity contribution in [2.75, 3.05) is 13.2 Å². The summed E-state index contributed by atoms with van der Waals surface area (Å²) < 4.78 is 7.58. The van der Waals surface area contributed by atoms with E-state index < -0.39 is 0 Å². The second-order valence-corrected chi connectivity index (χ2v) is 9.60. The third-order valence-electron chi connectivity index (χ3n) is 6.56. The normalized spacial score (nSPS) is 37.7. The van der Waals surface area contributed by atoms with E-state index in [9.17, 15) is 9.59 Å². The molecule has 5 rings (SSSR count). The van der Waals surface area contributed by atoms with E-state index in [1.165, 1.54) is 49.5 Å². The fraction of sp³-hybridized carbons (Fsp3) is 0.750. The molecule has 1 amide bonds. The van der Waals surface area contributed by atoms with Gasteiger partial charge < -0.3 is 10.1 Å². The highest BCUT2D eigenvalue weighted by Gasteiger charge is 2.60. The first-order valence-corrected chi connectivity index (χ1v) is 9.67. The Balaban J connectivity index is 1.33. The van der Waals surface area contributed by atoms with Crippen LogP contribution >= 0.6 is 0 Å². The van der Waals surface area contributed by atoms with Gasteiger partial charge in [-0.25, -0.2) is 4.68 Å². The van der Waals surface area contributed by atoms with Gasteiger partial charge in [-0.05, 0) is 61.3 Å². The Bertz CT molecular complexity index is 769. The lowest BCUT2D eigenvalue weighted by Crippen LogP contribution is -2.59. The van der Waals surface area contributed by atoms with Crippen LogP contribution in [-0.2, 0) is 11.8 Å². The first-order valence-electron chi connectivity index (χ1n) is 9.67. The van der Waals surface area contributed by atoms with Crippen molar-refractivity contribution in [1.29, 1.82) is 0 Å². The number of hydrogen-bond acceptors (Lipinski definition) is 4. The first-order chi connectivity index (χ1) is 12.2. The molecule has 6 heteroatoms. The lowest BCUT2D eigenvalue weighted by atomic mass is 9.43. The van der Waals surface area contributed by atoms with E-state index in [1.54, 1.807) is 0 Å². The highest BCUT2D eigenvalue weighted by molar-refractivity contribution is 5.91. The van der Waals surface area contributed by atoms with Crippen molar-refractivity contribution in [3.8, 4) is 0 Å². The van der Waals surface area contributed by atoms with E-state index in [2.05, 4.69) is 24.3 Å². The Labute approximate surface area is 154 Å². The smallest absolute Gasteiger partial charge is 0.271 e. The van der Waals surface area contributed by atoms with Crippen molar-refractivity contribution in [3.63, 3.8) is 0 Å². The number of aromatic nitrogens is 2. The van der Waals surface area contributed by atoms with Crippen molar-refractivity contribution < 1.29 is 9.53 Å². The van der Waals surface area contributed by atoms with E-state index in [1.807, 2.05) is 0 Å². The number of nitrogens with one attached hydrogen (secondary N) is 1. The summed E-state index contributed by atoms with van der Waals surface area (Å²) in [6.45, 7) is 5.85. The number of hydrogen-bond donors (Lipinski definition) is 1. The summed E-state index contributed by atoms with van der Waals surface area (Å²) >= 11 is 0. The van der Waals surface area contributed by atoms with Gasteiger partial charge in [0.05, 0.1) is 12.2 Å². The van der Waals surface area contributed by atoms with Crippen molar-refractivity contribution in [2.24, 2.45) is 23.8 Å². The molecule has 4 bridgehead atoms. The fourth-order valence-corrected chi connectivity index (χ4v) is 6.65. The molecular weight excluding hydrogens is 330 g/mol. The van der Waals surface area contributed by atoms with Crippen LogP contribution in [0.25, 0.3) is 0 Å². The van der Waals surface area contributed by atoms with Crippen LogP contribution in [0, 0.1) is 16.7 Å². The molecule has 0 spiro atoms. The molecule has 0 saturated heterocycles. The van der Waals surface area contributed by atoms with Gasteiger partial charge >= 0.3 is 0 Å². The Kier molecular flexibility index (Phi) is 4.03. The van der Waals surface area contributed by atoms with Crippen LogP contribution in [0.2, 0.25) is 0 Å². The molecule has 1 heterocycles. The first kappa shape index (κ1) is 17.7. The number of ether oxygens (including phenoxy) is 1. The summed E-state index contributed by atoms with van der Waals surface area (Å²) in [4.78, 5) is 23.5. The lowest BCUT2D eigenvalue weighted by Gasteiger charge is -2.65. The zero-order valence-corrected chi connectivity index (χ0v) is 16.0. The zero-order valence-electron chi connectivity index (χ0n) is 16.0. The summed E-state index contributed by atoms with van der Waals surface area (Å²) in [5.74, 6) is 0.527. The molecule has 1 aromatic heterocycles. The third kappa shape index (κ3) is 3.20. The number of amides is 1. The van der Waals surface area contributed by atoms with Gasteiger partial charge in [0.2, 0.25) is 0 Å². The number of carbonyl (C=O) groups excluding carboxylic acids is 1. The van der Waals surface area contributed by atoms with Crippen LogP contribution in [0.1, 0.15) is 62.9 Å². The van der Waals surface area contributed by atoms with Crippen LogP contribution < -0.4 is 10.9 Å². The van der Waals surface area contributed by atoms with Crippen LogP contribution in [-0.4, -0.2) is 34.4 Å². The van der Waals surface area contributed by atoms with Gasteiger partial charge in [-0.3, -0.25) is 9.59 Å². The Hall–Kier alpha value is -1.69. The third-order valence-corrected chi connectivity index (χ3v) is 6.56. The number of aryl methyl sites for hydroxylation is 1. The summed E-state index contributed by atoms with van der Waals surface area (Å²) in [6.07, 6.45) is 7.52. The predicted molar refractivity (Wildman–Crippen MR) is 97.9 cm³/mol. The Morgan fingerprint density at radius 3 is 2.54 bits per heavy atom. The summed E-state index contributed by atoms with van der Waals surface area (Å²) in [7, 11) is 1.54. The molecular formula is C20H29N3O3. The maximum atomic E-state index is 12.2. The predicted octanol–water partition coefficient (Wildman–Crippen LogP) is 2.28. The topological polar surface area (TPSA) is 73.2 Å². The average molecular weight is 359 g/mol. The van der Waals surface area contributed by atoms with E-state index in [0.29, 0.717) is 24.0 Å². The van der Waals surface area contributed by atoms with Crippen molar-refractivity contribution in [3.05, 3.63) is 28.2 Å². The lowest BCUT2D eigenvalue weighted by molar-refractivity contribution is -0.213. The summed E-state index contributed by atoms with van der Waals surface area (Å²) in [5.41, 5.74) is 0.880. The highest BCUT2D eigenvalue weighted by atomic mass is 16.5. The molecule has 1 aromatic rings. The van der Waals surface area contributed by atoms with Crippen LogP contribution in [0.3, 0.4) is 0 Å². The summed E-state index contributed by atoms with van der Waals surface area (Å²) in [5, 5.41) is 6.83. The molecule has 142 valence electrons. The molecule has 2 atom stereocenters. The number of carbonyl (C=O) groups is 1. The fourth-order valence-electron chi connectivity index (χ4n) is 6.65. The number of rotatable bonds is 5. The van der Waals surface area contributed by atoms with Gasteiger partial charge in [0.25, 0.3) is 11.5 Å². The SMILES string of the molecule is Cn1nc(C(=O)NCCOC23CC4C[C@](C)(C2)C[C@](C)(C4)C3)ccc1=O. The minimum Gasteiger partial charge on any atom is -0.373 e. The molecule has 0 aliphatic heterocycles. The Morgan fingerprint density at radius 2 is 1.92 bits per heavy atom. The maximum Gasteiger partial charge on any atom is 0.271 e. The zero-order chi connectivity index (χ0) is 18.6. The second kappa shape index (κ2) is 5.91.